The molecule has 3 aromatic rings. The molecule has 0 aromatic heterocycles. The molecule has 45 heavy (non-hydrogen) atoms. The van der Waals surface area contributed by atoms with Gasteiger partial charge in [-0.15, -0.1) is 0 Å². The van der Waals surface area contributed by atoms with E-state index in [4.69, 9.17) is 32.7 Å². The van der Waals surface area contributed by atoms with Crippen molar-refractivity contribution in [2.45, 2.75) is 64.1 Å². The lowest BCUT2D eigenvalue weighted by Crippen LogP contribution is -2.49. The fourth-order valence-electron chi connectivity index (χ4n) is 5.40. The van der Waals surface area contributed by atoms with Crippen LogP contribution in [0.1, 0.15) is 37.8 Å². The largest absolute Gasteiger partial charge is 0.480 e. The normalized spacial score (nSPS) is 18.1. The molecule has 240 valence electrons. The van der Waals surface area contributed by atoms with E-state index in [1.165, 1.54) is 36.9 Å². The maximum atomic E-state index is 14.3. The molecule has 0 aliphatic carbocycles. The molecule has 0 radical (unpaired) electrons. The van der Waals surface area contributed by atoms with Gasteiger partial charge in [-0.3, -0.25) is 14.4 Å². The summed E-state index contributed by atoms with van der Waals surface area (Å²) in [4.78, 5) is 41.5. The second kappa shape index (κ2) is 15.3. The maximum absolute atomic E-state index is 14.3. The summed E-state index contributed by atoms with van der Waals surface area (Å²) in [5.41, 5.74) is 1.66. The van der Waals surface area contributed by atoms with Crippen molar-refractivity contribution in [1.29, 1.82) is 0 Å². The molecule has 0 spiro atoms. The van der Waals surface area contributed by atoms with Crippen molar-refractivity contribution in [3.8, 4) is 5.75 Å². The highest BCUT2D eigenvalue weighted by Crippen LogP contribution is 2.32. The van der Waals surface area contributed by atoms with Gasteiger partial charge >= 0.3 is 6.18 Å². The summed E-state index contributed by atoms with van der Waals surface area (Å²) in [6, 6.07) is 21.8. The van der Waals surface area contributed by atoms with Crippen molar-refractivity contribution in [2.75, 3.05) is 6.54 Å². The van der Waals surface area contributed by atoms with E-state index in [2.05, 4.69) is 0 Å². The van der Waals surface area contributed by atoms with Gasteiger partial charge in [0.1, 0.15) is 5.75 Å². The number of carbonyl (C=O) groups is 3. The van der Waals surface area contributed by atoms with Crippen molar-refractivity contribution < 1.29 is 37.0 Å². The summed E-state index contributed by atoms with van der Waals surface area (Å²) in [5.74, 6) is -5.25. The number of rotatable bonds is 13. The van der Waals surface area contributed by atoms with E-state index in [0.717, 1.165) is 11.1 Å². The van der Waals surface area contributed by atoms with E-state index in [9.17, 15) is 27.6 Å². The number of likely N-dealkylation sites (tertiary alicyclic amines) is 1. The molecule has 1 aliphatic rings. The Morgan fingerprint density at radius 3 is 2.04 bits per heavy atom. The Morgan fingerprint density at radius 2 is 1.49 bits per heavy atom. The van der Waals surface area contributed by atoms with Gasteiger partial charge in [-0.2, -0.15) is 13.2 Å². The van der Waals surface area contributed by atoms with E-state index in [-0.39, 0.29) is 31.7 Å². The summed E-state index contributed by atoms with van der Waals surface area (Å²) >= 11 is 12.3. The first-order chi connectivity index (χ1) is 21.3. The van der Waals surface area contributed by atoms with Gasteiger partial charge in [-0.1, -0.05) is 97.7 Å². The smallest absolute Gasteiger partial charge is 0.450 e. The fraction of sp³-hybridized carbons (Fsp3) is 0.382. The molecule has 3 aromatic carbocycles. The number of ether oxygens (including phenoxy) is 2. The van der Waals surface area contributed by atoms with Crippen LogP contribution in [0.4, 0.5) is 13.2 Å². The summed E-state index contributed by atoms with van der Waals surface area (Å²) in [5, 5.41) is 0.585. The molecule has 4 rings (SSSR count). The van der Waals surface area contributed by atoms with Gasteiger partial charge < -0.3 is 14.4 Å². The molecule has 0 saturated carbocycles. The Bertz CT molecular complexity index is 1450. The second-order valence-corrected chi connectivity index (χ2v) is 12.3. The number of Topliss-reactive ketones (excluding diaryl/α,β-unsaturated/α-hetero) is 2. The molecule has 1 amide bonds. The second-order valence-electron chi connectivity index (χ2n) is 11.4. The van der Waals surface area contributed by atoms with Crippen LogP contribution in [0.5, 0.6) is 5.75 Å². The maximum Gasteiger partial charge on any atom is 0.450 e. The van der Waals surface area contributed by atoms with Crippen molar-refractivity contribution in [1.82, 2.24) is 4.90 Å². The number of ketones is 2. The highest BCUT2D eigenvalue weighted by molar-refractivity contribution is 6.34. The van der Waals surface area contributed by atoms with Gasteiger partial charge in [0.15, 0.2) is 11.9 Å². The molecule has 1 heterocycles. The predicted octanol–water partition coefficient (Wildman–Crippen LogP) is 7.53. The number of alkyl halides is 3. The van der Waals surface area contributed by atoms with Crippen LogP contribution in [-0.4, -0.2) is 53.3 Å². The first-order valence-electron chi connectivity index (χ1n) is 14.6. The quantitative estimate of drug-likeness (QED) is 0.189. The lowest BCUT2D eigenvalue weighted by atomic mass is 9.84. The Hall–Kier alpha value is -3.40. The molecule has 0 N–H and O–H groups in total. The van der Waals surface area contributed by atoms with Crippen LogP contribution in [0.15, 0.2) is 78.9 Å². The van der Waals surface area contributed by atoms with Crippen LogP contribution in [-0.2, 0) is 32.1 Å². The predicted molar refractivity (Wildman–Crippen MR) is 165 cm³/mol. The van der Waals surface area contributed by atoms with Gasteiger partial charge in [0.05, 0.1) is 18.8 Å². The zero-order valence-electron chi connectivity index (χ0n) is 24.8. The summed E-state index contributed by atoms with van der Waals surface area (Å²) in [7, 11) is 0. The van der Waals surface area contributed by atoms with Crippen molar-refractivity contribution in [2.24, 2.45) is 11.8 Å². The highest BCUT2D eigenvalue weighted by atomic mass is 35.5. The third-order valence-electron chi connectivity index (χ3n) is 7.74. The van der Waals surface area contributed by atoms with E-state index >= 15 is 0 Å². The van der Waals surface area contributed by atoms with E-state index in [0.29, 0.717) is 10.0 Å². The number of nitrogens with zero attached hydrogens (tertiary/aromatic N) is 1. The minimum Gasteiger partial charge on any atom is -0.480 e. The first kappa shape index (κ1) is 34.5. The SMILES string of the molecule is CC(C)[C@H](CC(=O)[C@@H]1C[C@@H](OCc2ccccc2)CN1C(=O)[C@@H](Cc1ccccc1)Oc1cc(Cl)cc(Cl)c1)C(=O)C(F)(F)F. The molecular formula is C34H34Cl2F3NO5. The average molecular weight is 665 g/mol. The van der Waals surface area contributed by atoms with Gasteiger partial charge in [0.2, 0.25) is 5.78 Å². The fourth-order valence-corrected chi connectivity index (χ4v) is 5.91. The summed E-state index contributed by atoms with van der Waals surface area (Å²) < 4.78 is 52.5. The van der Waals surface area contributed by atoms with Crippen LogP contribution in [0, 0.1) is 11.8 Å². The van der Waals surface area contributed by atoms with Crippen molar-refractivity contribution in [3.63, 3.8) is 0 Å². The van der Waals surface area contributed by atoms with Crippen LogP contribution in [0.2, 0.25) is 10.0 Å². The van der Waals surface area contributed by atoms with Gasteiger partial charge in [-0.25, -0.2) is 0 Å². The minimum absolute atomic E-state index is 0.00654. The number of benzene rings is 3. The third kappa shape index (κ3) is 9.55. The van der Waals surface area contributed by atoms with Crippen molar-refractivity contribution in [3.05, 3.63) is 100 Å². The van der Waals surface area contributed by atoms with Crippen LogP contribution in [0.25, 0.3) is 0 Å². The first-order valence-corrected chi connectivity index (χ1v) is 15.3. The number of amides is 1. The van der Waals surface area contributed by atoms with E-state index in [1.54, 1.807) is 0 Å². The summed E-state index contributed by atoms with van der Waals surface area (Å²) in [6.45, 7) is 3.14. The molecule has 1 fully saturated rings. The van der Waals surface area contributed by atoms with Crippen LogP contribution < -0.4 is 4.74 Å². The number of hydrogen-bond acceptors (Lipinski definition) is 5. The Morgan fingerprint density at radius 1 is 0.911 bits per heavy atom. The minimum atomic E-state index is -5.09. The Kier molecular flexibility index (Phi) is 11.7. The highest BCUT2D eigenvalue weighted by Gasteiger charge is 2.48. The molecule has 0 unspecified atom stereocenters. The monoisotopic (exact) mass is 663 g/mol. The van der Waals surface area contributed by atoms with Gasteiger partial charge in [-0.05, 0) is 35.2 Å². The molecule has 0 bridgehead atoms. The lowest BCUT2D eigenvalue weighted by molar-refractivity contribution is -0.177. The molecule has 1 aliphatic heterocycles. The summed E-state index contributed by atoms with van der Waals surface area (Å²) in [6.07, 6.45) is -7.29. The van der Waals surface area contributed by atoms with E-state index in [1.807, 2.05) is 60.7 Å². The molecular weight excluding hydrogens is 630 g/mol. The molecule has 6 nitrogen and oxygen atoms in total. The molecule has 4 atom stereocenters. The lowest BCUT2D eigenvalue weighted by Gasteiger charge is -2.30. The number of hydrogen-bond donors (Lipinski definition) is 0. The number of halogens is 5. The third-order valence-corrected chi connectivity index (χ3v) is 8.18. The standard InChI is InChI=1S/C34H34Cl2F3NO5/c1-21(2)28(32(42)34(37,38)39)18-30(41)29-17-27(44-20-23-11-7-4-8-12-23)19-40(29)33(43)31(13-22-9-5-3-6-10-22)45-26-15-24(35)14-25(36)16-26/h3-12,14-16,21,27-29,31H,13,17-20H2,1-2H3/t27-,28+,29+,31-/m1/s1. The Balaban J connectivity index is 1.63. The van der Waals surface area contributed by atoms with Gasteiger partial charge in [0.25, 0.3) is 5.91 Å². The zero-order valence-corrected chi connectivity index (χ0v) is 26.3. The van der Waals surface area contributed by atoms with E-state index < -0.39 is 60.2 Å². The Labute approximate surface area is 270 Å². The van der Waals surface area contributed by atoms with Crippen LogP contribution in [0.3, 0.4) is 0 Å². The number of carbonyl (C=O) groups excluding carboxylic acids is 3. The van der Waals surface area contributed by atoms with Crippen molar-refractivity contribution >= 4 is 40.7 Å². The average Bonchev–Trinajstić information content (AvgIpc) is 3.42. The topological polar surface area (TPSA) is 72.9 Å². The molecule has 11 heteroatoms. The zero-order chi connectivity index (χ0) is 32.7. The van der Waals surface area contributed by atoms with Crippen LogP contribution >= 0.6 is 23.2 Å². The molecule has 1 saturated heterocycles. The van der Waals surface area contributed by atoms with Gasteiger partial charge in [0, 0.05) is 41.8 Å².